The zero-order valence-electron chi connectivity index (χ0n) is 10.5. The second-order valence-corrected chi connectivity index (χ2v) is 4.77. The first-order chi connectivity index (χ1) is 10.0. The van der Waals surface area contributed by atoms with E-state index < -0.39 is 23.3 Å². The molecule has 0 aliphatic carbocycles. The SMILES string of the molecule is O=C(OCc1cccc2ccccc12)C(F)(F)SOOO. The topological polar surface area (TPSA) is 65.0 Å². The predicted octanol–water partition coefficient (Wildman–Crippen LogP) is 3.55. The molecule has 0 unspecified atom stereocenters. The minimum atomic E-state index is -3.99. The predicted molar refractivity (Wildman–Crippen MR) is 71.1 cm³/mol. The van der Waals surface area contributed by atoms with E-state index in [0.29, 0.717) is 5.56 Å². The first-order valence-electron chi connectivity index (χ1n) is 5.72. The molecular weight excluding hydrogens is 306 g/mol. The Morgan fingerprint density at radius 1 is 1.19 bits per heavy atom. The molecule has 0 fully saturated rings. The largest absolute Gasteiger partial charge is 0.456 e. The lowest BCUT2D eigenvalue weighted by molar-refractivity contribution is -0.433. The number of benzene rings is 2. The molecule has 8 heteroatoms. The van der Waals surface area contributed by atoms with Crippen LogP contribution in [-0.4, -0.2) is 16.5 Å². The van der Waals surface area contributed by atoms with Gasteiger partial charge in [0, 0.05) is 0 Å². The maximum Gasteiger partial charge on any atom is 0.415 e. The lowest BCUT2D eigenvalue weighted by atomic mass is 10.1. The van der Waals surface area contributed by atoms with Crippen molar-refractivity contribution in [2.75, 3.05) is 0 Å². The molecule has 0 aliphatic rings. The van der Waals surface area contributed by atoms with Gasteiger partial charge in [-0.05, 0) is 16.3 Å². The van der Waals surface area contributed by atoms with Crippen molar-refractivity contribution in [3.8, 4) is 0 Å². The van der Waals surface area contributed by atoms with Crippen molar-refractivity contribution in [3.63, 3.8) is 0 Å². The van der Waals surface area contributed by atoms with Crippen molar-refractivity contribution in [2.45, 2.75) is 11.9 Å². The number of alkyl halides is 2. The average molecular weight is 316 g/mol. The van der Waals surface area contributed by atoms with Gasteiger partial charge >= 0.3 is 11.2 Å². The number of rotatable bonds is 6. The van der Waals surface area contributed by atoms with Gasteiger partial charge in [0.25, 0.3) is 0 Å². The normalized spacial score (nSPS) is 11.6. The van der Waals surface area contributed by atoms with Crippen LogP contribution in [0.4, 0.5) is 8.78 Å². The van der Waals surface area contributed by atoms with Crippen LogP contribution in [0.25, 0.3) is 10.8 Å². The van der Waals surface area contributed by atoms with Gasteiger partial charge in [-0.3, -0.25) is 0 Å². The molecule has 0 radical (unpaired) electrons. The van der Waals surface area contributed by atoms with E-state index in [1.807, 2.05) is 18.2 Å². The van der Waals surface area contributed by atoms with E-state index in [-0.39, 0.29) is 6.61 Å². The van der Waals surface area contributed by atoms with E-state index in [4.69, 9.17) is 5.26 Å². The van der Waals surface area contributed by atoms with Crippen molar-refractivity contribution in [1.29, 1.82) is 0 Å². The molecule has 5 nitrogen and oxygen atoms in total. The zero-order valence-corrected chi connectivity index (χ0v) is 11.3. The van der Waals surface area contributed by atoms with Crippen LogP contribution in [0.2, 0.25) is 0 Å². The Labute approximate surface area is 122 Å². The fourth-order valence-corrected chi connectivity index (χ4v) is 1.98. The van der Waals surface area contributed by atoms with E-state index in [0.717, 1.165) is 10.8 Å². The molecule has 0 aromatic heterocycles. The fraction of sp³-hybridized carbons (Fsp3) is 0.154. The van der Waals surface area contributed by atoms with Crippen LogP contribution in [-0.2, 0) is 25.5 Å². The molecule has 1 N–H and O–H groups in total. The average Bonchev–Trinajstić information content (AvgIpc) is 2.50. The van der Waals surface area contributed by atoms with Crippen LogP contribution in [0.15, 0.2) is 42.5 Å². The fourth-order valence-electron chi connectivity index (χ4n) is 1.74. The number of esters is 1. The number of halogens is 2. The number of carbonyl (C=O) groups is 1. The van der Waals surface area contributed by atoms with E-state index in [9.17, 15) is 13.6 Å². The van der Waals surface area contributed by atoms with Crippen molar-refractivity contribution in [3.05, 3.63) is 48.0 Å². The van der Waals surface area contributed by atoms with Crippen LogP contribution in [0.1, 0.15) is 5.56 Å². The van der Waals surface area contributed by atoms with Gasteiger partial charge < -0.3 is 4.74 Å². The Bertz CT molecular complexity index is 629. The van der Waals surface area contributed by atoms with E-state index >= 15 is 0 Å². The smallest absolute Gasteiger partial charge is 0.415 e. The summed E-state index contributed by atoms with van der Waals surface area (Å²) in [4.78, 5) is 11.3. The molecule has 2 aromatic rings. The summed E-state index contributed by atoms with van der Waals surface area (Å²) in [5.74, 6) is -1.79. The van der Waals surface area contributed by atoms with Gasteiger partial charge in [-0.2, -0.15) is 8.78 Å². The first kappa shape index (κ1) is 15.6. The highest BCUT2D eigenvalue weighted by Gasteiger charge is 2.44. The molecule has 2 aromatic carbocycles. The summed E-state index contributed by atoms with van der Waals surface area (Å²) < 4.78 is 34.5. The minimum Gasteiger partial charge on any atom is -0.456 e. The van der Waals surface area contributed by atoms with E-state index in [1.54, 1.807) is 24.3 Å². The lowest BCUT2D eigenvalue weighted by Crippen LogP contribution is -2.27. The third kappa shape index (κ3) is 3.88. The van der Waals surface area contributed by atoms with Crippen LogP contribution >= 0.6 is 12.0 Å². The maximum absolute atomic E-state index is 13.2. The van der Waals surface area contributed by atoms with Gasteiger partial charge in [-0.1, -0.05) is 47.5 Å². The van der Waals surface area contributed by atoms with Crippen molar-refractivity contribution in [1.82, 2.24) is 0 Å². The zero-order chi connectivity index (χ0) is 15.3. The summed E-state index contributed by atoms with van der Waals surface area (Å²) in [5, 5.41) is 8.55. The van der Waals surface area contributed by atoms with Crippen LogP contribution in [0, 0.1) is 0 Å². The van der Waals surface area contributed by atoms with Crippen LogP contribution < -0.4 is 0 Å². The van der Waals surface area contributed by atoms with Gasteiger partial charge in [-0.25, -0.2) is 10.1 Å². The van der Waals surface area contributed by atoms with Gasteiger partial charge in [0.15, 0.2) is 0 Å². The van der Waals surface area contributed by atoms with Gasteiger partial charge in [0.1, 0.15) is 18.6 Å². The number of fused-ring (bicyclic) bond motifs is 1. The lowest BCUT2D eigenvalue weighted by Gasteiger charge is -2.13. The van der Waals surface area contributed by atoms with Gasteiger partial charge in [-0.15, -0.1) is 4.33 Å². The summed E-state index contributed by atoms with van der Waals surface area (Å²) in [6.07, 6.45) is 0. The van der Waals surface area contributed by atoms with E-state index in [2.05, 4.69) is 14.1 Å². The van der Waals surface area contributed by atoms with Gasteiger partial charge in [0.05, 0.1) is 0 Å². The number of hydrogen-bond acceptors (Lipinski definition) is 6. The highest BCUT2D eigenvalue weighted by atomic mass is 32.2. The summed E-state index contributed by atoms with van der Waals surface area (Å²) in [7, 11) is 0. The maximum atomic E-state index is 13.2. The summed E-state index contributed by atoms with van der Waals surface area (Å²) in [6, 6.07) is 12.6. The second-order valence-electron chi connectivity index (χ2n) is 3.96. The monoisotopic (exact) mass is 316 g/mol. The highest BCUT2D eigenvalue weighted by Crippen LogP contribution is 2.31. The molecule has 0 aliphatic heterocycles. The van der Waals surface area contributed by atoms with Crippen molar-refractivity contribution >= 4 is 28.8 Å². The van der Waals surface area contributed by atoms with Crippen LogP contribution in [0.5, 0.6) is 0 Å². The number of carbonyl (C=O) groups excluding carboxylic acids is 1. The Kier molecular flexibility index (Phi) is 5.07. The Morgan fingerprint density at radius 2 is 1.90 bits per heavy atom. The molecule has 0 amide bonds. The van der Waals surface area contributed by atoms with Crippen molar-refractivity contribution in [2.24, 2.45) is 0 Å². The standard InChI is InChI=1S/C13H10F2O5S/c14-13(15,21-20-19-17)12(16)18-8-10-6-3-5-9-4-1-2-7-11(9)10/h1-7,17H,8H2. The second kappa shape index (κ2) is 6.81. The summed E-state index contributed by atoms with van der Waals surface area (Å²) >= 11 is -0.655. The van der Waals surface area contributed by atoms with Crippen LogP contribution in [0.3, 0.4) is 0 Å². The quantitative estimate of drug-likeness (QED) is 0.380. The molecule has 0 saturated carbocycles. The molecule has 0 heterocycles. The molecule has 0 spiro atoms. The number of ether oxygens (including phenoxy) is 1. The summed E-state index contributed by atoms with van der Waals surface area (Å²) in [6.45, 7) is -0.309. The molecule has 112 valence electrons. The Hall–Kier alpha value is -1.74. The summed E-state index contributed by atoms with van der Waals surface area (Å²) in [5.41, 5.74) is 0.599. The molecular formula is C13H10F2O5S. The van der Waals surface area contributed by atoms with E-state index in [1.165, 1.54) is 0 Å². The molecule has 0 atom stereocenters. The minimum absolute atomic E-state index is 0.309. The molecule has 2 rings (SSSR count). The highest BCUT2D eigenvalue weighted by molar-refractivity contribution is 7.96. The molecule has 0 bridgehead atoms. The van der Waals surface area contributed by atoms with Gasteiger partial charge in [0.2, 0.25) is 0 Å². The third-order valence-corrected chi connectivity index (χ3v) is 3.15. The van der Waals surface area contributed by atoms with Crippen molar-refractivity contribution < 1.29 is 32.9 Å². The Balaban J connectivity index is 2.06. The molecule has 0 saturated heterocycles. The Morgan fingerprint density at radius 3 is 2.67 bits per heavy atom. The third-order valence-electron chi connectivity index (χ3n) is 2.65. The molecule has 21 heavy (non-hydrogen) atoms. The number of hydrogen-bond donors (Lipinski definition) is 1. The first-order valence-corrected chi connectivity index (χ1v) is 6.46.